The van der Waals surface area contributed by atoms with E-state index in [1.165, 1.54) is 12.1 Å². The van der Waals surface area contributed by atoms with E-state index in [0.717, 1.165) is 0 Å². The summed E-state index contributed by atoms with van der Waals surface area (Å²) in [4.78, 5) is 0.0614. The van der Waals surface area contributed by atoms with Gasteiger partial charge in [0.1, 0.15) is 12.4 Å². The maximum absolute atomic E-state index is 10.9. The average molecular weight is 265 g/mol. The molecule has 0 aliphatic rings. The third-order valence-electron chi connectivity index (χ3n) is 1.81. The third kappa shape index (κ3) is 4.38. The SMILES string of the molecule is CCOCCOc1ccc(S(=O)(=O)Cl)cc1. The van der Waals surface area contributed by atoms with E-state index < -0.39 is 9.05 Å². The second kappa shape index (κ2) is 6.08. The van der Waals surface area contributed by atoms with Crippen LogP contribution < -0.4 is 4.74 Å². The molecular weight excluding hydrogens is 252 g/mol. The monoisotopic (exact) mass is 264 g/mol. The summed E-state index contributed by atoms with van der Waals surface area (Å²) in [7, 11) is 1.51. The van der Waals surface area contributed by atoms with Crippen molar-refractivity contribution in [3.63, 3.8) is 0 Å². The zero-order valence-corrected chi connectivity index (χ0v) is 10.4. The van der Waals surface area contributed by atoms with E-state index in [-0.39, 0.29) is 4.90 Å². The minimum absolute atomic E-state index is 0.0614. The molecule has 1 aromatic carbocycles. The van der Waals surface area contributed by atoms with E-state index in [9.17, 15) is 8.42 Å². The molecule has 0 fully saturated rings. The zero-order chi connectivity index (χ0) is 12.0. The van der Waals surface area contributed by atoms with Crippen LogP contribution in [0, 0.1) is 0 Å². The zero-order valence-electron chi connectivity index (χ0n) is 8.85. The number of ether oxygens (including phenoxy) is 2. The van der Waals surface area contributed by atoms with Crippen LogP contribution in [0.25, 0.3) is 0 Å². The molecule has 0 amide bonds. The number of halogens is 1. The van der Waals surface area contributed by atoms with Crippen LogP contribution in [0.2, 0.25) is 0 Å². The molecule has 0 bridgehead atoms. The van der Waals surface area contributed by atoms with Gasteiger partial charge in [-0.3, -0.25) is 0 Å². The van der Waals surface area contributed by atoms with E-state index in [4.69, 9.17) is 20.2 Å². The van der Waals surface area contributed by atoms with Gasteiger partial charge in [-0.05, 0) is 31.2 Å². The third-order valence-corrected chi connectivity index (χ3v) is 3.18. The fourth-order valence-corrected chi connectivity index (χ4v) is 1.83. The van der Waals surface area contributed by atoms with Crippen LogP contribution in [0.1, 0.15) is 6.92 Å². The Labute approximate surface area is 99.6 Å². The lowest BCUT2D eigenvalue weighted by atomic mass is 10.3. The Kier molecular flexibility index (Phi) is 5.05. The highest BCUT2D eigenvalue weighted by molar-refractivity contribution is 8.13. The van der Waals surface area contributed by atoms with Crippen LogP contribution in [0.5, 0.6) is 5.75 Å². The normalized spacial score (nSPS) is 11.4. The van der Waals surface area contributed by atoms with Gasteiger partial charge in [0, 0.05) is 17.3 Å². The quantitative estimate of drug-likeness (QED) is 0.583. The van der Waals surface area contributed by atoms with Crippen molar-refractivity contribution >= 4 is 19.7 Å². The predicted molar refractivity (Wildman–Crippen MR) is 61.5 cm³/mol. The van der Waals surface area contributed by atoms with Crippen molar-refractivity contribution in [2.75, 3.05) is 19.8 Å². The van der Waals surface area contributed by atoms with Crippen molar-refractivity contribution in [2.45, 2.75) is 11.8 Å². The van der Waals surface area contributed by atoms with E-state index in [1.807, 2.05) is 6.92 Å². The molecule has 0 atom stereocenters. The minimum Gasteiger partial charge on any atom is -0.491 e. The summed E-state index contributed by atoms with van der Waals surface area (Å²) in [6.45, 7) is 3.49. The molecule has 0 saturated carbocycles. The van der Waals surface area contributed by atoms with Gasteiger partial charge in [-0.25, -0.2) is 8.42 Å². The first-order valence-electron chi connectivity index (χ1n) is 4.79. The Hall–Kier alpha value is -0.780. The van der Waals surface area contributed by atoms with Crippen molar-refractivity contribution in [3.8, 4) is 5.75 Å². The Bertz CT molecular complexity index is 413. The van der Waals surface area contributed by atoms with Crippen LogP contribution in [0.3, 0.4) is 0 Å². The summed E-state index contributed by atoms with van der Waals surface area (Å²) in [6.07, 6.45) is 0. The lowest BCUT2D eigenvalue weighted by Gasteiger charge is -2.06. The molecule has 4 nitrogen and oxygen atoms in total. The van der Waals surface area contributed by atoms with E-state index in [2.05, 4.69) is 0 Å². The van der Waals surface area contributed by atoms with Gasteiger partial charge >= 0.3 is 0 Å². The van der Waals surface area contributed by atoms with Gasteiger partial charge in [-0.15, -0.1) is 0 Å². The number of benzene rings is 1. The fourth-order valence-electron chi connectivity index (χ4n) is 1.06. The standard InChI is InChI=1S/C10H13ClO4S/c1-2-14-7-8-15-9-3-5-10(6-4-9)16(11,12)13/h3-6H,2,7-8H2,1H3. The highest BCUT2D eigenvalue weighted by Gasteiger charge is 2.08. The summed E-state index contributed by atoms with van der Waals surface area (Å²) < 4.78 is 32.3. The first kappa shape index (κ1) is 13.3. The second-order valence-electron chi connectivity index (χ2n) is 2.95. The molecule has 1 aromatic rings. The van der Waals surface area contributed by atoms with E-state index in [1.54, 1.807) is 12.1 Å². The molecule has 0 N–H and O–H groups in total. The largest absolute Gasteiger partial charge is 0.491 e. The molecule has 6 heteroatoms. The minimum atomic E-state index is -3.66. The Morgan fingerprint density at radius 2 is 1.81 bits per heavy atom. The molecule has 0 unspecified atom stereocenters. The molecule has 0 radical (unpaired) electrons. The van der Waals surface area contributed by atoms with Gasteiger partial charge in [0.2, 0.25) is 0 Å². The van der Waals surface area contributed by atoms with Crippen LogP contribution in [0.4, 0.5) is 0 Å². The van der Waals surface area contributed by atoms with Gasteiger partial charge in [-0.2, -0.15) is 0 Å². The first-order valence-corrected chi connectivity index (χ1v) is 7.10. The summed E-state index contributed by atoms with van der Waals surface area (Å²) in [6, 6.07) is 5.92. The average Bonchev–Trinajstić information content (AvgIpc) is 2.24. The molecule has 0 aromatic heterocycles. The molecular formula is C10H13ClO4S. The molecule has 0 aliphatic carbocycles. The molecule has 0 spiro atoms. The fraction of sp³-hybridized carbons (Fsp3) is 0.400. The number of hydrogen-bond donors (Lipinski definition) is 0. The lowest BCUT2D eigenvalue weighted by Crippen LogP contribution is -2.06. The van der Waals surface area contributed by atoms with Gasteiger partial charge in [0.05, 0.1) is 11.5 Å². The summed E-state index contributed by atoms with van der Waals surface area (Å²) in [5, 5.41) is 0. The highest BCUT2D eigenvalue weighted by atomic mass is 35.7. The molecule has 16 heavy (non-hydrogen) atoms. The molecule has 0 heterocycles. The summed E-state index contributed by atoms with van der Waals surface area (Å²) in [5.41, 5.74) is 0. The number of hydrogen-bond acceptors (Lipinski definition) is 4. The van der Waals surface area contributed by atoms with E-state index >= 15 is 0 Å². The van der Waals surface area contributed by atoms with Gasteiger partial charge in [0.15, 0.2) is 0 Å². The number of rotatable bonds is 6. The Balaban J connectivity index is 2.52. The van der Waals surface area contributed by atoms with Gasteiger partial charge in [-0.1, -0.05) is 0 Å². The van der Waals surface area contributed by atoms with Gasteiger partial charge in [0.25, 0.3) is 9.05 Å². The Morgan fingerprint density at radius 3 is 2.31 bits per heavy atom. The van der Waals surface area contributed by atoms with E-state index in [0.29, 0.717) is 25.6 Å². The van der Waals surface area contributed by atoms with Gasteiger partial charge < -0.3 is 9.47 Å². The smallest absolute Gasteiger partial charge is 0.261 e. The topological polar surface area (TPSA) is 52.6 Å². The summed E-state index contributed by atoms with van der Waals surface area (Å²) in [5.74, 6) is 0.587. The van der Waals surface area contributed by atoms with Crippen LogP contribution >= 0.6 is 10.7 Å². The molecule has 0 aliphatic heterocycles. The molecule has 90 valence electrons. The Morgan fingerprint density at radius 1 is 1.19 bits per heavy atom. The molecule has 0 saturated heterocycles. The second-order valence-corrected chi connectivity index (χ2v) is 5.52. The molecule has 1 rings (SSSR count). The van der Waals surface area contributed by atoms with Crippen molar-refractivity contribution in [2.24, 2.45) is 0 Å². The van der Waals surface area contributed by atoms with Crippen LogP contribution in [-0.2, 0) is 13.8 Å². The lowest BCUT2D eigenvalue weighted by molar-refractivity contribution is 0.110. The van der Waals surface area contributed by atoms with Crippen molar-refractivity contribution in [1.29, 1.82) is 0 Å². The summed E-state index contributed by atoms with van der Waals surface area (Å²) >= 11 is 0. The maximum Gasteiger partial charge on any atom is 0.261 e. The predicted octanol–water partition coefficient (Wildman–Crippen LogP) is 2.03. The highest BCUT2D eigenvalue weighted by Crippen LogP contribution is 2.18. The van der Waals surface area contributed by atoms with Crippen LogP contribution in [0.15, 0.2) is 29.2 Å². The van der Waals surface area contributed by atoms with Crippen LogP contribution in [-0.4, -0.2) is 28.2 Å². The first-order chi connectivity index (χ1) is 7.54. The van der Waals surface area contributed by atoms with Crippen molar-refractivity contribution < 1.29 is 17.9 Å². The maximum atomic E-state index is 10.9. The van der Waals surface area contributed by atoms with Crippen molar-refractivity contribution in [1.82, 2.24) is 0 Å². The van der Waals surface area contributed by atoms with Crippen molar-refractivity contribution in [3.05, 3.63) is 24.3 Å².